The summed E-state index contributed by atoms with van der Waals surface area (Å²) >= 11 is 0. The van der Waals surface area contributed by atoms with Crippen molar-refractivity contribution >= 4 is 5.71 Å². The summed E-state index contributed by atoms with van der Waals surface area (Å²) in [6.45, 7) is 2.56. The van der Waals surface area contributed by atoms with Crippen LogP contribution in [-0.2, 0) is 0 Å². The monoisotopic (exact) mass is 242 g/mol. The lowest BCUT2D eigenvalue weighted by molar-refractivity contribution is -0.510. The number of furan rings is 1. The van der Waals surface area contributed by atoms with E-state index < -0.39 is 0 Å². The van der Waals surface area contributed by atoms with Gasteiger partial charge in [-0.05, 0) is 25.0 Å². The number of hydrogen-bond donors (Lipinski definition) is 0. The van der Waals surface area contributed by atoms with Crippen molar-refractivity contribution in [2.45, 2.75) is 31.6 Å². The van der Waals surface area contributed by atoms with Gasteiger partial charge in [0.15, 0.2) is 5.71 Å². The molecule has 3 atom stereocenters. The second-order valence-corrected chi connectivity index (χ2v) is 5.84. The molecule has 0 N–H and O–H groups in total. The van der Waals surface area contributed by atoms with Gasteiger partial charge in [-0.1, -0.05) is 12.2 Å². The second kappa shape index (κ2) is 4.11. The Kier molecular flexibility index (Phi) is 2.42. The quantitative estimate of drug-likeness (QED) is 0.545. The maximum atomic E-state index is 5.65. The van der Waals surface area contributed by atoms with E-state index in [1.54, 1.807) is 12.0 Å². The number of hydrogen-bond acceptors (Lipinski definition) is 1. The minimum atomic E-state index is 0.481. The van der Waals surface area contributed by atoms with Crippen molar-refractivity contribution < 1.29 is 8.99 Å². The van der Waals surface area contributed by atoms with Crippen LogP contribution in [0.1, 0.15) is 37.4 Å². The maximum absolute atomic E-state index is 5.65. The van der Waals surface area contributed by atoms with Crippen LogP contribution in [0.4, 0.5) is 0 Å². The second-order valence-electron chi connectivity index (χ2n) is 5.84. The van der Waals surface area contributed by atoms with E-state index in [0.717, 1.165) is 11.7 Å². The van der Waals surface area contributed by atoms with Gasteiger partial charge in [-0.2, -0.15) is 0 Å². The first kappa shape index (κ1) is 10.6. The molecule has 1 saturated heterocycles. The summed E-state index contributed by atoms with van der Waals surface area (Å²) in [4.78, 5) is 0. The summed E-state index contributed by atoms with van der Waals surface area (Å²) in [6, 6.07) is 4.15. The number of nitrogens with zero attached hydrogens (tertiary/aromatic N) is 1. The Morgan fingerprint density at radius 1 is 1.11 bits per heavy atom. The Labute approximate surface area is 108 Å². The fraction of sp³-hybridized carbons (Fsp3) is 0.562. The van der Waals surface area contributed by atoms with Crippen LogP contribution in [0.2, 0.25) is 0 Å². The maximum Gasteiger partial charge on any atom is 0.163 e. The SMILES string of the molecule is C1=C[C@H]2CC[C@H](C2=[N+]2CCCC2)[C@H]1c1ccco1. The molecule has 0 unspecified atom stereocenters. The molecule has 2 heterocycles. The van der Waals surface area contributed by atoms with Gasteiger partial charge in [-0.15, -0.1) is 0 Å². The summed E-state index contributed by atoms with van der Waals surface area (Å²) in [5.74, 6) is 3.05. The third-order valence-corrected chi connectivity index (χ3v) is 4.88. The zero-order chi connectivity index (χ0) is 11.9. The molecule has 2 bridgehead atoms. The van der Waals surface area contributed by atoms with Crippen molar-refractivity contribution in [3.8, 4) is 0 Å². The number of fused-ring (bicyclic) bond motifs is 2. The first-order chi connectivity index (χ1) is 8.93. The van der Waals surface area contributed by atoms with Crippen molar-refractivity contribution in [1.29, 1.82) is 0 Å². The Balaban J connectivity index is 1.75. The van der Waals surface area contributed by atoms with E-state index in [9.17, 15) is 0 Å². The van der Waals surface area contributed by atoms with Gasteiger partial charge in [0.25, 0.3) is 0 Å². The van der Waals surface area contributed by atoms with Crippen LogP contribution in [0.25, 0.3) is 0 Å². The number of rotatable bonds is 1. The first-order valence-corrected chi connectivity index (χ1v) is 7.27. The van der Waals surface area contributed by atoms with E-state index in [2.05, 4.69) is 22.8 Å². The van der Waals surface area contributed by atoms with Crippen LogP contribution in [0.5, 0.6) is 0 Å². The molecule has 3 aliphatic rings. The van der Waals surface area contributed by atoms with Crippen LogP contribution in [0, 0.1) is 11.8 Å². The molecule has 2 nitrogen and oxygen atoms in total. The smallest absolute Gasteiger partial charge is 0.163 e. The molecule has 1 aromatic rings. The molecule has 1 aromatic heterocycles. The normalized spacial score (nSPS) is 34.6. The van der Waals surface area contributed by atoms with Crippen molar-refractivity contribution in [2.24, 2.45) is 11.8 Å². The molecule has 18 heavy (non-hydrogen) atoms. The van der Waals surface area contributed by atoms with Gasteiger partial charge in [0.2, 0.25) is 0 Å². The van der Waals surface area contributed by atoms with Crippen molar-refractivity contribution in [2.75, 3.05) is 13.1 Å². The number of allylic oxidation sites excluding steroid dienone is 2. The van der Waals surface area contributed by atoms with Crippen LogP contribution < -0.4 is 0 Å². The van der Waals surface area contributed by atoms with Gasteiger partial charge in [-0.3, -0.25) is 0 Å². The molecule has 0 amide bonds. The standard InChI is InChI=1S/C16H20NO/c1-2-10-17(9-1)16-12-5-7-13(14(16)8-6-12)15-4-3-11-18-15/h3-5,7,11-14H,1-2,6,8-10H2/q+1/t12-,13-,14-/m0/s1. The molecule has 2 fully saturated rings. The molecule has 0 radical (unpaired) electrons. The molecule has 0 aromatic carbocycles. The van der Waals surface area contributed by atoms with E-state index in [0.29, 0.717) is 11.8 Å². The molecule has 2 heteroatoms. The van der Waals surface area contributed by atoms with Gasteiger partial charge in [0, 0.05) is 18.8 Å². The van der Waals surface area contributed by atoms with E-state index in [1.807, 2.05) is 6.07 Å². The topological polar surface area (TPSA) is 16.1 Å². The van der Waals surface area contributed by atoms with Gasteiger partial charge >= 0.3 is 0 Å². The Bertz CT molecular complexity index is 489. The summed E-state index contributed by atoms with van der Waals surface area (Å²) in [5.41, 5.74) is 1.72. The molecule has 4 rings (SSSR count). The fourth-order valence-electron chi connectivity index (χ4n) is 4.09. The van der Waals surface area contributed by atoms with Gasteiger partial charge in [0.1, 0.15) is 18.8 Å². The van der Waals surface area contributed by atoms with Crippen LogP contribution in [0.3, 0.4) is 0 Å². The average molecular weight is 242 g/mol. The lowest BCUT2D eigenvalue weighted by Gasteiger charge is -2.22. The third kappa shape index (κ3) is 1.51. The largest absolute Gasteiger partial charge is 0.469 e. The predicted octanol–water partition coefficient (Wildman–Crippen LogP) is 3.21. The zero-order valence-corrected chi connectivity index (χ0v) is 10.7. The highest BCUT2D eigenvalue weighted by molar-refractivity contribution is 5.90. The molecular formula is C16H20NO+. The minimum Gasteiger partial charge on any atom is -0.469 e. The molecule has 2 aliphatic carbocycles. The third-order valence-electron chi connectivity index (χ3n) is 4.88. The summed E-state index contributed by atoms with van der Waals surface area (Å²) in [7, 11) is 0. The fourth-order valence-corrected chi connectivity index (χ4v) is 4.09. The van der Waals surface area contributed by atoms with E-state index in [-0.39, 0.29) is 0 Å². The molecule has 1 saturated carbocycles. The summed E-state index contributed by atoms with van der Waals surface area (Å²) < 4.78 is 8.32. The predicted molar refractivity (Wildman–Crippen MR) is 71.0 cm³/mol. The van der Waals surface area contributed by atoms with Crippen LogP contribution >= 0.6 is 0 Å². The molecule has 1 aliphatic heterocycles. The first-order valence-electron chi connectivity index (χ1n) is 7.27. The summed E-state index contributed by atoms with van der Waals surface area (Å²) in [5, 5.41) is 0. The Hall–Kier alpha value is -1.31. The van der Waals surface area contributed by atoms with Crippen LogP contribution in [-0.4, -0.2) is 23.4 Å². The Morgan fingerprint density at radius 3 is 2.78 bits per heavy atom. The molecular weight excluding hydrogens is 222 g/mol. The van der Waals surface area contributed by atoms with Gasteiger partial charge in [-0.25, -0.2) is 4.58 Å². The van der Waals surface area contributed by atoms with E-state index in [1.165, 1.54) is 38.8 Å². The average Bonchev–Trinajstić information content (AvgIpc) is 3.10. The van der Waals surface area contributed by atoms with Crippen molar-refractivity contribution in [3.63, 3.8) is 0 Å². The molecule has 94 valence electrons. The van der Waals surface area contributed by atoms with Crippen LogP contribution in [0.15, 0.2) is 35.0 Å². The zero-order valence-electron chi connectivity index (χ0n) is 10.7. The minimum absolute atomic E-state index is 0.481. The van der Waals surface area contributed by atoms with Gasteiger partial charge < -0.3 is 4.42 Å². The lowest BCUT2D eigenvalue weighted by atomic mass is 9.81. The molecule has 0 spiro atoms. The van der Waals surface area contributed by atoms with E-state index in [4.69, 9.17) is 4.42 Å². The van der Waals surface area contributed by atoms with Crippen molar-refractivity contribution in [3.05, 3.63) is 36.3 Å². The summed E-state index contributed by atoms with van der Waals surface area (Å²) in [6.07, 6.45) is 12.0. The highest BCUT2D eigenvalue weighted by atomic mass is 16.3. The highest BCUT2D eigenvalue weighted by Crippen LogP contribution is 2.44. The van der Waals surface area contributed by atoms with E-state index >= 15 is 0 Å². The van der Waals surface area contributed by atoms with Gasteiger partial charge in [0.05, 0.1) is 18.1 Å². The van der Waals surface area contributed by atoms with Crippen molar-refractivity contribution in [1.82, 2.24) is 0 Å². The Morgan fingerprint density at radius 2 is 2.00 bits per heavy atom. The highest BCUT2D eigenvalue weighted by Gasteiger charge is 2.45. The lowest BCUT2D eigenvalue weighted by Crippen LogP contribution is -2.32.